The molecule has 0 fully saturated rings. The fourth-order valence-corrected chi connectivity index (χ4v) is 1.85. The van der Waals surface area contributed by atoms with Gasteiger partial charge in [-0.05, 0) is 49.9 Å². The monoisotopic (exact) mass is 189 g/mol. The van der Waals surface area contributed by atoms with Crippen LogP contribution in [0.15, 0.2) is 4.42 Å². The van der Waals surface area contributed by atoms with Crippen LogP contribution in [0.3, 0.4) is 0 Å². The van der Waals surface area contributed by atoms with Crippen LogP contribution >= 0.6 is 0 Å². The Hall–Kier alpha value is -1.31. The first-order chi connectivity index (χ1) is 6.52. The van der Waals surface area contributed by atoms with E-state index in [0.717, 1.165) is 17.0 Å². The zero-order valence-electron chi connectivity index (χ0n) is 9.36. The molecule has 0 saturated carbocycles. The number of rotatable bonds is 0. The van der Waals surface area contributed by atoms with Crippen molar-refractivity contribution >= 4 is 11.1 Å². The van der Waals surface area contributed by atoms with E-state index in [4.69, 9.17) is 4.42 Å². The molecule has 2 aromatic rings. The van der Waals surface area contributed by atoms with E-state index in [1.54, 1.807) is 0 Å². The Kier molecular flexibility index (Phi) is 1.88. The van der Waals surface area contributed by atoms with Crippen molar-refractivity contribution in [3.05, 3.63) is 28.1 Å². The number of aromatic nitrogens is 1. The smallest absolute Gasteiger partial charge is 0.192 e. The van der Waals surface area contributed by atoms with Gasteiger partial charge < -0.3 is 4.42 Å². The van der Waals surface area contributed by atoms with Gasteiger partial charge in [0.05, 0.1) is 0 Å². The van der Waals surface area contributed by atoms with Crippen molar-refractivity contribution in [1.29, 1.82) is 0 Å². The molecule has 0 atom stereocenters. The standard InChI is InChI=1S/C12H15NO/c1-6-7(2)9(4)12-11(8(6)3)13-10(5)14-12/h1-5H3. The number of hydrogen-bond donors (Lipinski definition) is 0. The van der Waals surface area contributed by atoms with Gasteiger partial charge in [-0.2, -0.15) is 0 Å². The number of nitrogens with zero attached hydrogens (tertiary/aromatic N) is 1. The SMILES string of the molecule is Cc1nc2c(C)c(C)c(C)c(C)c2o1. The Balaban J connectivity index is 3.01. The molecule has 0 unspecified atom stereocenters. The zero-order valence-corrected chi connectivity index (χ0v) is 9.36. The Morgan fingerprint density at radius 3 is 2.00 bits per heavy atom. The van der Waals surface area contributed by atoms with Gasteiger partial charge in [0.1, 0.15) is 5.52 Å². The second kappa shape index (κ2) is 2.84. The third kappa shape index (κ3) is 1.07. The molecule has 0 saturated heterocycles. The van der Waals surface area contributed by atoms with Crippen molar-refractivity contribution in [3.8, 4) is 0 Å². The molecule has 14 heavy (non-hydrogen) atoms. The summed E-state index contributed by atoms with van der Waals surface area (Å²) in [5, 5.41) is 0. The van der Waals surface area contributed by atoms with Crippen LogP contribution in [0.1, 0.15) is 28.1 Å². The van der Waals surface area contributed by atoms with Gasteiger partial charge in [-0.25, -0.2) is 4.98 Å². The molecule has 2 nitrogen and oxygen atoms in total. The first-order valence-corrected chi connectivity index (χ1v) is 4.86. The summed E-state index contributed by atoms with van der Waals surface area (Å²) in [7, 11) is 0. The topological polar surface area (TPSA) is 26.0 Å². The van der Waals surface area contributed by atoms with Crippen molar-refractivity contribution in [2.75, 3.05) is 0 Å². The average molecular weight is 189 g/mol. The van der Waals surface area contributed by atoms with Crippen LogP contribution in [-0.4, -0.2) is 4.98 Å². The number of benzene rings is 1. The summed E-state index contributed by atoms with van der Waals surface area (Å²) in [6.45, 7) is 10.4. The number of aryl methyl sites for hydroxylation is 3. The summed E-state index contributed by atoms with van der Waals surface area (Å²) in [6, 6.07) is 0. The maximum absolute atomic E-state index is 5.60. The minimum Gasteiger partial charge on any atom is -0.441 e. The fraction of sp³-hybridized carbons (Fsp3) is 0.417. The summed E-state index contributed by atoms with van der Waals surface area (Å²) in [6.07, 6.45) is 0. The van der Waals surface area contributed by atoms with Crippen molar-refractivity contribution in [2.45, 2.75) is 34.6 Å². The van der Waals surface area contributed by atoms with Gasteiger partial charge in [0.15, 0.2) is 11.5 Å². The van der Waals surface area contributed by atoms with Gasteiger partial charge in [0.25, 0.3) is 0 Å². The second-order valence-corrected chi connectivity index (χ2v) is 3.91. The van der Waals surface area contributed by atoms with Crippen LogP contribution in [0.4, 0.5) is 0 Å². The lowest BCUT2D eigenvalue weighted by molar-refractivity contribution is 0.559. The van der Waals surface area contributed by atoms with Crippen molar-refractivity contribution in [1.82, 2.24) is 4.98 Å². The maximum Gasteiger partial charge on any atom is 0.192 e. The average Bonchev–Trinajstić information content (AvgIpc) is 2.54. The number of oxazole rings is 1. The van der Waals surface area contributed by atoms with Crippen LogP contribution in [0.25, 0.3) is 11.1 Å². The van der Waals surface area contributed by atoms with E-state index in [-0.39, 0.29) is 0 Å². The molecule has 1 heterocycles. The van der Waals surface area contributed by atoms with Gasteiger partial charge in [-0.15, -0.1) is 0 Å². The normalized spacial score (nSPS) is 11.2. The first-order valence-electron chi connectivity index (χ1n) is 4.86. The van der Waals surface area contributed by atoms with Gasteiger partial charge in [0.2, 0.25) is 0 Å². The summed E-state index contributed by atoms with van der Waals surface area (Å²) < 4.78 is 5.60. The van der Waals surface area contributed by atoms with Crippen molar-refractivity contribution in [2.24, 2.45) is 0 Å². The molecule has 0 bridgehead atoms. The molecule has 0 amide bonds. The summed E-state index contributed by atoms with van der Waals surface area (Å²) in [5.41, 5.74) is 7.05. The van der Waals surface area contributed by atoms with Crippen LogP contribution < -0.4 is 0 Å². The second-order valence-electron chi connectivity index (χ2n) is 3.91. The highest BCUT2D eigenvalue weighted by Crippen LogP contribution is 2.28. The van der Waals surface area contributed by atoms with Crippen LogP contribution in [-0.2, 0) is 0 Å². The van der Waals surface area contributed by atoms with Gasteiger partial charge in [0, 0.05) is 6.92 Å². The molecular weight excluding hydrogens is 174 g/mol. The third-order valence-corrected chi connectivity index (χ3v) is 3.12. The fourth-order valence-electron chi connectivity index (χ4n) is 1.85. The van der Waals surface area contributed by atoms with Crippen LogP contribution in [0.2, 0.25) is 0 Å². The lowest BCUT2D eigenvalue weighted by Gasteiger charge is -2.08. The van der Waals surface area contributed by atoms with Crippen molar-refractivity contribution in [3.63, 3.8) is 0 Å². The molecule has 1 aromatic carbocycles. The summed E-state index contributed by atoms with van der Waals surface area (Å²) in [4.78, 5) is 4.41. The molecule has 0 radical (unpaired) electrons. The molecule has 74 valence electrons. The molecule has 1 aromatic heterocycles. The van der Waals surface area contributed by atoms with E-state index in [1.165, 1.54) is 22.3 Å². The van der Waals surface area contributed by atoms with Gasteiger partial charge in [-0.3, -0.25) is 0 Å². The Bertz CT molecular complexity index is 464. The molecule has 2 heteroatoms. The quantitative estimate of drug-likeness (QED) is 0.635. The molecular formula is C12H15NO. The molecule has 0 aliphatic heterocycles. The van der Waals surface area contributed by atoms with Gasteiger partial charge in [-0.1, -0.05) is 0 Å². The molecule has 2 rings (SSSR count). The van der Waals surface area contributed by atoms with E-state index < -0.39 is 0 Å². The highest BCUT2D eigenvalue weighted by molar-refractivity contribution is 5.82. The first kappa shape index (κ1) is 9.25. The Morgan fingerprint density at radius 2 is 1.36 bits per heavy atom. The maximum atomic E-state index is 5.60. The molecule has 0 N–H and O–H groups in total. The molecule has 0 spiro atoms. The Morgan fingerprint density at radius 1 is 0.786 bits per heavy atom. The van der Waals surface area contributed by atoms with E-state index in [2.05, 4.69) is 32.7 Å². The lowest BCUT2D eigenvalue weighted by Crippen LogP contribution is -1.92. The number of hydrogen-bond acceptors (Lipinski definition) is 2. The lowest BCUT2D eigenvalue weighted by atomic mass is 9.98. The minimum atomic E-state index is 0.746. The predicted octanol–water partition coefficient (Wildman–Crippen LogP) is 3.37. The summed E-state index contributed by atoms with van der Waals surface area (Å²) >= 11 is 0. The van der Waals surface area contributed by atoms with Crippen LogP contribution in [0, 0.1) is 34.6 Å². The molecule has 0 aliphatic carbocycles. The summed E-state index contributed by atoms with van der Waals surface area (Å²) in [5.74, 6) is 0.746. The highest BCUT2D eigenvalue weighted by atomic mass is 16.3. The minimum absolute atomic E-state index is 0.746. The van der Waals surface area contributed by atoms with E-state index in [9.17, 15) is 0 Å². The van der Waals surface area contributed by atoms with E-state index >= 15 is 0 Å². The zero-order chi connectivity index (χ0) is 10.5. The van der Waals surface area contributed by atoms with Gasteiger partial charge >= 0.3 is 0 Å². The predicted molar refractivity (Wildman–Crippen MR) is 57.7 cm³/mol. The Labute approximate surface area is 84.0 Å². The van der Waals surface area contributed by atoms with E-state index in [1.807, 2.05) is 6.92 Å². The largest absolute Gasteiger partial charge is 0.441 e. The molecule has 0 aliphatic rings. The van der Waals surface area contributed by atoms with E-state index in [0.29, 0.717) is 0 Å². The highest BCUT2D eigenvalue weighted by Gasteiger charge is 2.13. The van der Waals surface area contributed by atoms with Crippen LogP contribution in [0.5, 0.6) is 0 Å². The third-order valence-electron chi connectivity index (χ3n) is 3.12. The van der Waals surface area contributed by atoms with Crippen molar-refractivity contribution < 1.29 is 4.42 Å². The number of fused-ring (bicyclic) bond motifs is 1.